The third-order valence-corrected chi connectivity index (χ3v) is 3.93. The summed E-state index contributed by atoms with van der Waals surface area (Å²) in [5.74, 6) is 1.85. The minimum absolute atomic E-state index is 0.0651. The van der Waals surface area contributed by atoms with Gasteiger partial charge in [0.25, 0.3) is 0 Å². The van der Waals surface area contributed by atoms with Crippen molar-refractivity contribution < 1.29 is 5.11 Å². The Hall–Kier alpha value is -0.610. The van der Waals surface area contributed by atoms with Crippen LogP contribution < -0.4 is 4.90 Å². The molecule has 3 nitrogen and oxygen atoms in total. The van der Waals surface area contributed by atoms with E-state index in [2.05, 4.69) is 25.8 Å². The van der Waals surface area contributed by atoms with Crippen molar-refractivity contribution in [3.05, 3.63) is 22.3 Å². The molecule has 0 amide bonds. The maximum Gasteiger partial charge on any atom is 0.134 e. The van der Waals surface area contributed by atoms with Gasteiger partial charge >= 0.3 is 0 Å². The van der Waals surface area contributed by atoms with E-state index in [1.807, 2.05) is 12.3 Å². The zero-order valence-corrected chi connectivity index (χ0v) is 11.4. The van der Waals surface area contributed by atoms with Gasteiger partial charge in [0, 0.05) is 28.8 Å². The summed E-state index contributed by atoms with van der Waals surface area (Å²) >= 11 is 3.41. The quantitative estimate of drug-likeness (QED) is 0.908. The molecule has 4 heteroatoms. The molecule has 0 bridgehead atoms. The van der Waals surface area contributed by atoms with E-state index in [9.17, 15) is 5.11 Å². The molecule has 0 aromatic carbocycles. The van der Waals surface area contributed by atoms with Crippen molar-refractivity contribution in [2.24, 2.45) is 5.92 Å². The van der Waals surface area contributed by atoms with Crippen LogP contribution >= 0.6 is 15.9 Å². The van der Waals surface area contributed by atoms with Gasteiger partial charge < -0.3 is 10.0 Å². The fourth-order valence-corrected chi connectivity index (χ4v) is 2.60. The molecule has 0 radical (unpaired) electrons. The first kappa shape index (κ1) is 11.5. The highest BCUT2D eigenvalue weighted by Crippen LogP contribution is 2.38. The molecule has 1 heterocycles. The number of pyridine rings is 1. The summed E-state index contributed by atoms with van der Waals surface area (Å²) in [7, 11) is 0. The molecule has 1 N–H and O–H groups in total. The second-order valence-corrected chi connectivity index (χ2v) is 6.04. The summed E-state index contributed by atoms with van der Waals surface area (Å²) < 4.78 is 0.937. The van der Waals surface area contributed by atoms with Crippen molar-refractivity contribution in [1.29, 1.82) is 0 Å². The number of halogens is 1. The fraction of sp³-hybridized carbons (Fsp3) is 0.615. The molecule has 0 saturated heterocycles. The molecule has 1 aromatic heterocycles. The number of rotatable bonds is 5. The molecule has 2 aliphatic rings. The topological polar surface area (TPSA) is 36.4 Å². The standard InChI is InChI=1S/C13H17BrN2O/c14-11-5-10(8-17)13(15-6-11)16(12-3-4-12)7-9-1-2-9/h5-6,9,12,17H,1-4,7-8H2. The maximum atomic E-state index is 9.46. The smallest absolute Gasteiger partial charge is 0.134 e. The van der Waals surface area contributed by atoms with Crippen molar-refractivity contribution in [3.63, 3.8) is 0 Å². The van der Waals surface area contributed by atoms with Crippen LogP contribution in [0.4, 0.5) is 5.82 Å². The molecule has 0 aliphatic heterocycles. The Morgan fingerprint density at radius 3 is 2.71 bits per heavy atom. The molecule has 0 unspecified atom stereocenters. The van der Waals surface area contributed by atoms with E-state index in [1.54, 1.807) is 0 Å². The number of hydrogen-bond donors (Lipinski definition) is 1. The second kappa shape index (κ2) is 4.58. The Bertz CT molecular complexity index is 416. The summed E-state index contributed by atoms with van der Waals surface area (Å²) in [5.41, 5.74) is 0.937. The average Bonchev–Trinajstić information content (AvgIpc) is 3.18. The molecule has 0 spiro atoms. The van der Waals surface area contributed by atoms with E-state index in [0.717, 1.165) is 28.3 Å². The predicted octanol–water partition coefficient (Wildman–Crippen LogP) is 2.72. The molecule has 2 saturated carbocycles. The Morgan fingerprint density at radius 1 is 1.35 bits per heavy atom. The van der Waals surface area contributed by atoms with Crippen LogP contribution in [-0.2, 0) is 6.61 Å². The molecule has 92 valence electrons. The first-order valence-corrected chi connectivity index (χ1v) is 7.09. The van der Waals surface area contributed by atoms with Gasteiger partial charge in [-0.1, -0.05) is 0 Å². The SMILES string of the molecule is OCc1cc(Br)cnc1N(CC1CC1)C1CC1. The summed E-state index contributed by atoms with van der Waals surface area (Å²) in [6.07, 6.45) is 7.09. The van der Waals surface area contributed by atoms with Crippen LogP contribution in [0.1, 0.15) is 31.2 Å². The summed E-state index contributed by atoms with van der Waals surface area (Å²) in [6.45, 7) is 1.18. The molecule has 17 heavy (non-hydrogen) atoms. The lowest BCUT2D eigenvalue weighted by Gasteiger charge is -2.25. The van der Waals surface area contributed by atoms with Gasteiger partial charge in [-0.05, 0) is 53.6 Å². The molecule has 2 fully saturated rings. The Kier molecular flexibility index (Phi) is 3.09. The lowest BCUT2D eigenvalue weighted by Crippen LogP contribution is -2.30. The Labute approximate surface area is 110 Å². The normalized spacial score (nSPS) is 19.4. The predicted molar refractivity (Wildman–Crippen MR) is 71.0 cm³/mol. The van der Waals surface area contributed by atoms with E-state index in [1.165, 1.54) is 25.7 Å². The van der Waals surface area contributed by atoms with Crippen LogP contribution in [-0.4, -0.2) is 22.7 Å². The summed E-state index contributed by atoms with van der Waals surface area (Å²) in [6, 6.07) is 2.64. The highest BCUT2D eigenvalue weighted by molar-refractivity contribution is 9.10. The van der Waals surface area contributed by atoms with Crippen LogP contribution in [0.3, 0.4) is 0 Å². The lowest BCUT2D eigenvalue weighted by molar-refractivity contribution is 0.281. The monoisotopic (exact) mass is 296 g/mol. The first-order valence-electron chi connectivity index (χ1n) is 6.30. The fourth-order valence-electron chi connectivity index (χ4n) is 2.22. The molecular weight excluding hydrogens is 280 g/mol. The third kappa shape index (κ3) is 2.63. The van der Waals surface area contributed by atoms with E-state index in [4.69, 9.17) is 0 Å². The number of nitrogens with zero attached hydrogens (tertiary/aromatic N) is 2. The zero-order valence-electron chi connectivity index (χ0n) is 9.77. The largest absolute Gasteiger partial charge is 0.392 e. The Morgan fingerprint density at radius 2 is 2.12 bits per heavy atom. The minimum Gasteiger partial charge on any atom is -0.392 e. The number of hydrogen-bond acceptors (Lipinski definition) is 3. The third-order valence-electron chi connectivity index (χ3n) is 3.49. The zero-order chi connectivity index (χ0) is 11.8. The van der Waals surface area contributed by atoms with Gasteiger partial charge in [0.05, 0.1) is 6.61 Å². The molecule has 0 atom stereocenters. The van der Waals surface area contributed by atoms with Crippen molar-refractivity contribution >= 4 is 21.7 Å². The van der Waals surface area contributed by atoms with Crippen LogP contribution in [0.25, 0.3) is 0 Å². The van der Waals surface area contributed by atoms with Crippen LogP contribution in [0.5, 0.6) is 0 Å². The minimum atomic E-state index is 0.0651. The van der Waals surface area contributed by atoms with E-state index < -0.39 is 0 Å². The van der Waals surface area contributed by atoms with Gasteiger partial charge in [0.15, 0.2) is 0 Å². The lowest BCUT2D eigenvalue weighted by atomic mass is 10.2. The van der Waals surface area contributed by atoms with Gasteiger partial charge in [0.1, 0.15) is 5.82 Å². The highest BCUT2D eigenvalue weighted by Gasteiger charge is 2.35. The average molecular weight is 297 g/mol. The van der Waals surface area contributed by atoms with E-state index in [-0.39, 0.29) is 6.61 Å². The molecular formula is C13H17BrN2O. The van der Waals surface area contributed by atoms with Gasteiger partial charge in [-0.3, -0.25) is 0 Å². The maximum absolute atomic E-state index is 9.46. The Balaban J connectivity index is 1.87. The van der Waals surface area contributed by atoms with Gasteiger partial charge in [-0.25, -0.2) is 4.98 Å². The second-order valence-electron chi connectivity index (χ2n) is 5.12. The van der Waals surface area contributed by atoms with Gasteiger partial charge in [-0.2, -0.15) is 0 Å². The molecule has 2 aliphatic carbocycles. The van der Waals surface area contributed by atoms with E-state index >= 15 is 0 Å². The summed E-state index contributed by atoms with van der Waals surface area (Å²) in [5, 5.41) is 9.46. The van der Waals surface area contributed by atoms with Crippen molar-refractivity contribution in [3.8, 4) is 0 Å². The number of aromatic nitrogens is 1. The number of aliphatic hydroxyl groups is 1. The molecule has 3 rings (SSSR count). The van der Waals surface area contributed by atoms with Crippen molar-refractivity contribution in [2.75, 3.05) is 11.4 Å². The van der Waals surface area contributed by atoms with Crippen LogP contribution in [0.2, 0.25) is 0 Å². The van der Waals surface area contributed by atoms with Crippen LogP contribution in [0, 0.1) is 5.92 Å². The van der Waals surface area contributed by atoms with Gasteiger partial charge in [0.2, 0.25) is 0 Å². The first-order chi connectivity index (χ1) is 8.28. The number of anilines is 1. The summed E-state index contributed by atoms with van der Waals surface area (Å²) in [4.78, 5) is 6.92. The van der Waals surface area contributed by atoms with E-state index in [0.29, 0.717) is 6.04 Å². The van der Waals surface area contributed by atoms with Crippen molar-refractivity contribution in [2.45, 2.75) is 38.3 Å². The molecule has 1 aromatic rings. The van der Waals surface area contributed by atoms with Crippen molar-refractivity contribution in [1.82, 2.24) is 4.98 Å². The highest BCUT2D eigenvalue weighted by atomic mass is 79.9. The van der Waals surface area contributed by atoms with Gasteiger partial charge in [-0.15, -0.1) is 0 Å². The van der Waals surface area contributed by atoms with Crippen LogP contribution in [0.15, 0.2) is 16.7 Å². The number of aliphatic hydroxyl groups excluding tert-OH is 1.